The Morgan fingerprint density at radius 2 is 2.00 bits per heavy atom. The van der Waals surface area contributed by atoms with Crippen LogP contribution in [-0.4, -0.2) is 10.9 Å². The quantitative estimate of drug-likeness (QED) is 0.910. The second-order valence-electron chi connectivity index (χ2n) is 7.60. The van der Waals surface area contributed by atoms with Crippen LogP contribution in [0.4, 0.5) is 0 Å². The second-order valence-corrected chi connectivity index (χ2v) is 7.60. The first-order valence-electron chi connectivity index (χ1n) is 8.44. The summed E-state index contributed by atoms with van der Waals surface area (Å²) in [5.41, 5.74) is 0.971. The van der Waals surface area contributed by atoms with E-state index in [0.717, 1.165) is 23.3 Å². The summed E-state index contributed by atoms with van der Waals surface area (Å²) in [6, 6.07) is 9.39. The lowest BCUT2D eigenvalue weighted by Gasteiger charge is -2.37. The van der Waals surface area contributed by atoms with E-state index in [-0.39, 0.29) is 11.2 Å². The zero-order valence-electron chi connectivity index (χ0n) is 12.5. The molecule has 0 saturated heterocycles. The summed E-state index contributed by atoms with van der Waals surface area (Å²) in [5.74, 6) is 2.60. The van der Waals surface area contributed by atoms with Gasteiger partial charge >= 0.3 is 0 Å². The molecule has 5 unspecified atom stereocenters. The number of benzene rings is 1. The number of rotatable bonds is 4. The van der Waals surface area contributed by atoms with Gasteiger partial charge in [-0.1, -0.05) is 43.2 Å². The molecule has 0 aliphatic heterocycles. The fourth-order valence-corrected chi connectivity index (χ4v) is 5.60. The minimum absolute atomic E-state index is 0.0344. The van der Waals surface area contributed by atoms with Gasteiger partial charge in [0.15, 0.2) is 5.78 Å². The van der Waals surface area contributed by atoms with E-state index in [1.165, 1.54) is 38.5 Å². The van der Waals surface area contributed by atoms with Crippen LogP contribution in [0, 0.1) is 23.2 Å². The second kappa shape index (κ2) is 4.95. The molecule has 5 rings (SSSR count). The molecule has 2 heteroatoms. The molecule has 4 saturated carbocycles. The predicted molar refractivity (Wildman–Crippen MR) is 81.6 cm³/mol. The van der Waals surface area contributed by atoms with E-state index < -0.39 is 6.10 Å². The lowest BCUT2D eigenvalue weighted by molar-refractivity contribution is -0.131. The monoisotopic (exact) mass is 284 g/mol. The van der Waals surface area contributed by atoms with E-state index in [0.29, 0.717) is 6.42 Å². The summed E-state index contributed by atoms with van der Waals surface area (Å²) in [5, 5.41) is 10.4. The summed E-state index contributed by atoms with van der Waals surface area (Å²) in [6.45, 7) is 0. The number of Topliss-reactive ketones (excluding diaryl/α,β-unsaturated/α-hetero) is 1. The lowest BCUT2D eigenvalue weighted by atomic mass is 9.67. The molecule has 4 bridgehead atoms. The minimum atomic E-state index is -0.932. The van der Waals surface area contributed by atoms with Gasteiger partial charge in [-0.15, -0.1) is 0 Å². The largest absolute Gasteiger partial charge is 0.381 e. The van der Waals surface area contributed by atoms with Crippen LogP contribution in [0.2, 0.25) is 0 Å². The van der Waals surface area contributed by atoms with E-state index in [1.807, 2.05) is 30.3 Å². The third-order valence-electron chi connectivity index (χ3n) is 6.57. The van der Waals surface area contributed by atoms with Gasteiger partial charge in [0, 0.05) is 6.42 Å². The van der Waals surface area contributed by atoms with Gasteiger partial charge in [-0.3, -0.25) is 4.79 Å². The van der Waals surface area contributed by atoms with Crippen molar-refractivity contribution in [3.05, 3.63) is 35.9 Å². The van der Waals surface area contributed by atoms with Gasteiger partial charge in [-0.2, -0.15) is 0 Å². The summed E-state index contributed by atoms with van der Waals surface area (Å²) in [6.07, 6.45) is 7.47. The van der Waals surface area contributed by atoms with Crippen molar-refractivity contribution in [1.29, 1.82) is 0 Å². The maximum atomic E-state index is 12.6. The molecule has 1 N–H and O–H groups in total. The van der Waals surface area contributed by atoms with Crippen LogP contribution in [0.1, 0.15) is 56.6 Å². The Morgan fingerprint density at radius 3 is 2.71 bits per heavy atom. The number of carbonyl (C=O) groups excluding carboxylic acids is 1. The van der Waals surface area contributed by atoms with Crippen LogP contribution in [0.5, 0.6) is 0 Å². The molecule has 0 radical (unpaired) electrons. The predicted octanol–water partition coefficient (Wildman–Crippen LogP) is 3.90. The molecule has 112 valence electrons. The maximum absolute atomic E-state index is 12.6. The zero-order chi connectivity index (χ0) is 14.4. The highest BCUT2D eigenvalue weighted by molar-refractivity contribution is 5.84. The molecule has 2 nitrogen and oxygen atoms in total. The molecule has 4 fully saturated rings. The Morgan fingerprint density at radius 1 is 1.24 bits per heavy atom. The van der Waals surface area contributed by atoms with Gasteiger partial charge in [0.1, 0.15) is 6.10 Å². The Kier molecular flexibility index (Phi) is 3.18. The molecule has 0 heterocycles. The summed E-state index contributed by atoms with van der Waals surface area (Å²) in [7, 11) is 0. The third kappa shape index (κ3) is 2.15. The fraction of sp³-hybridized carbons (Fsp3) is 0.632. The molecule has 1 aromatic rings. The lowest BCUT2D eigenvalue weighted by Crippen LogP contribution is -2.32. The van der Waals surface area contributed by atoms with Crippen molar-refractivity contribution in [2.24, 2.45) is 23.2 Å². The van der Waals surface area contributed by atoms with Gasteiger partial charge in [0.25, 0.3) is 0 Å². The Bertz CT molecular complexity index is 538. The van der Waals surface area contributed by atoms with Crippen molar-refractivity contribution in [3.8, 4) is 0 Å². The highest BCUT2D eigenvalue weighted by Gasteiger charge is 2.56. The number of aliphatic hydroxyl groups is 1. The Labute approximate surface area is 126 Å². The topological polar surface area (TPSA) is 37.3 Å². The van der Waals surface area contributed by atoms with Crippen molar-refractivity contribution in [1.82, 2.24) is 0 Å². The van der Waals surface area contributed by atoms with E-state index in [4.69, 9.17) is 0 Å². The van der Waals surface area contributed by atoms with E-state index in [2.05, 4.69) is 0 Å². The first-order valence-corrected chi connectivity index (χ1v) is 8.44. The number of ketones is 1. The third-order valence-corrected chi connectivity index (χ3v) is 6.57. The van der Waals surface area contributed by atoms with Crippen molar-refractivity contribution in [2.45, 2.75) is 51.0 Å². The summed E-state index contributed by atoms with van der Waals surface area (Å²) >= 11 is 0. The SMILES string of the molecule is O=C(CC12CCCC3CC1CC3C2)C(O)c1ccccc1. The first kappa shape index (κ1) is 13.5. The smallest absolute Gasteiger partial charge is 0.166 e. The van der Waals surface area contributed by atoms with Crippen LogP contribution in [-0.2, 0) is 4.79 Å². The number of aliphatic hydroxyl groups excluding tert-OH is 1. The minimum Gasteiger partial charge on any atom is -0.381 e. The molecule has 4 aliphatic rings. The Hall–Kier alpha value is -1.15. The van der Waals surface area contributed by atoms with Crippen LogP contribution < -0.4 is 0 Å². The standard InChI is InChI=1S/C19H24O2/c20-17(18(21)13-5-2-1-3-6-13)12-19-8-4-7-14-9-16(19)10-15(14)11-19/h1-3,5-6,14-16,18,21H,4,7-12H2. The highest BCUT2D eigenvalue weighted by Crippen LogP contribution is 2.65. The van der Waals surface area contributed by atoms with Gasteiger partial charge < -0.3 is 5.11 Å². The Balaban J connectivity index is 1.52. The zero-order valence-corrected chi connectivity index (χ0v) is 12.5. The van der Waals surface area contributed by atoms with Crippen molar-refractivity contribution >= 4 is 5.78 Å². The molecule has 0 aromatic heterocycles. The van der Waals surface area contributed by atoms with Crippen molar-refractivity contribution < 1.29 is 9.90 Å². The normalized spacial score (nSPS) is 38.4. The highest BCUT2D eigenvalue weighted by atomic mass is 16.3. The van der Waals surface area contributed by atoms with E-state index in [1.54, 1.807) is 0 Å². The van der Waals surface area contributed by atoms with Crippen LogP contribution >= 0.6 is 0 Å². The molecule has 0 spiro atoms. The number of carbonyl (C=O) groups is 1. The van der Waals surface area contributed by atoms with Crippen molar-refractivity contribution in [3.63, 3.8) is 0 Å². The van der Waals surface area contributed by atoms with Gasteiger partial charge in [-0.05, 0) is 54.4 Å². The molecular formula is C19H24O2. The first-order chi connectivity index (χ1) is 10.2. The van der Waals surface area contributed by atoms with Gasteiger partial charge in [0.05, 0.1) is 0 Å². The number of fused-ring (bicyclic) bond motifs is 2. The average molecular weight is 284 g/mol. The summed E-state index contributed by atoms with van der Waals surface area (Å²) < 4.78 is 0. The molecule has 0 amide bonds. The van der Waals surface area contributed by atoms with Crippen LogP contribution in [0.15, 0.2) is 30.3 Å². The molecule has 4 aliphatic carbocycles. The van der Waals surface area contributed by atoms with E-state index in [9.17, 15) is 9.90 Å². The molecule has 5 atom stereocenters. The number of hydrogen-bond acceptors (Lipinski definition) is 2. The van der Waals surface area contributed by atoms with Crippen molar-refractivity contribution in [2.75, 3.05) is 0 Å². The van der Waals surface area contributed by atoms with Crippen LogP contribution in [0.25, 0.3) is 0 Å². The maximum Gasteiger partial charge on any atom is 0.166 e. The van der Waals surface area contributed by atoms with E-state index >= 15 is 0 Å². The molecule has 1 aromatic carbocycles. The molecule has 21 heavy (non-hydrogen) atoms. The summed E-state index contributed by atoms with van der Waals surface area (Å²) in [4.78, 5) is 12.6. The van der Waals surface area contributed by atoms with Gasteiger partial charge in [0.2, 0.25) is 0 Å². The molecular weight excluding hydrogens is 260 g/mol. The number of hydrogen-bond donors (Lipinski definition) is 1. The van der Waals surface area contributed by atoms with Gasteiger partial charge in [-0.25, -0.2) is 0 Å². The fourth-order valence-electron chi connectivity index (χ4n) is 5.60. The van der Waals surface area contributed by atoms with Crippen LogP contribution in [0.3, 0.4) is 0 Å². The average Bonchev–Trinajstić information content (AvgIpc) is 2.94.